The summed E-state index contributed by atoms with van der Waals surface area (Å²) < 4.78 is 0. The van der Waals surface area contributed by atoms with Crippen molar-refractivity contribution < 1.29 is 5.11 Å². The Kier molecular flexibility index (Phi) is 5.76. The van der Waals surface area contributed by atoms with Crippen molar-refractivity contribution in [1.29, 1.82) is 0 Å². The van der Waals surface area contributed by atoms with Gasteiger partial charge in [0.1, 0.15) is 5.60 Å². The number of hydrogen-bond donors (Lipinski definition) is 2. The smallest absolute Gasteiger partial charge is 0.130 e. The Balaban J connectivity index is 0.00000176. The molecule has 22 heavy (non-hydrogen) atoms. The fraction of sp³-hybridized carbons (Fsp3) is 0.294. The molecule has 0 saturated carbocycles. The van der Waals surface area contributed by atoms with Crippen LogP contribution >= 0.6 is 35.6 Å². The monoisotopic (exact) mass is 357 g/mol. The average Bonchev–Trinajstić information content (AvgIpc) is 3.01. The second-order valence-electron chi connectivity index (χ2n) is 5.44. The van der Waals surface area contributed by atoms with Gasteiger partial charge in [-0.25, -0.2) is 0 Å². The van der Waals surface area contributed by atoms with E-state index in [1.807, 2.05) is 48.5 Å². The van der Waals surface area contributed by atoms with E-state index in [1.54, 1.807) is 0 Å². The summed E-state index contributed by atoms with van der Waals surface area (Å²) in [5.74, 6) is 0. The molecule has 2 aromatic rings. The van der Waals surface area contributed by atoms with Crippen LogP contribution in [-0.2, 0) is 5.60 Å². The maximum Gasteiger partial charge on any atom is 0.130 e. The van der Waals surface area contributed by atoms with Crippen molar-refractivity contribution in [3.05, 3.63) is 69.7 Å². The molecule has 2 nitrogen and oxygen atoms in total. The number of aliphatic hydroxyl groups is 1. The molecule has 1 fully saturated rings. The van der Waals surface area contributed by atoms with Gasteiger partial charge in [-0.3, -0.25) is 0 Å². The standard InChI is InChI=1S/C17H17Cl2NO.ClH/c18-14-6-1-4-12(10-14)17(21,16-8-3-9-20-16)13-5-2-7-15(19)11-13;/h1-2,4-7,10-11,16,20-21H,3,8-9H2;1H/t16-;/m1./s1. The largest absolute Gasteiger partial charge is 0.379 e. The molecule has 1 heterocycles. The molecule has 1 saturated heterocycles. The van der Waals surface area contributed by atoms with E-state index in [0.717, 1.165) is 30.5 Å². The number of hydrogen-bond acceptors (Lipinski definition) is 2. The maximum absolute atomic E-state index is 11.5. The van der Waals surface area contributed by atoms with Gasteiger partial charge in [-0.1, -0.05) is 47.5 Å². The van der Waals surface area contributed by atoms with Crippen molar-refractivity contribution in [2.75, 3.05) is 6.54 Å². The number of halogens is 3. The van der Waals surface area contributed by atoms with Crippen molar-refractivity contribution in [2.24, 2.45) is 0 Å². The van der Waals surface area contributed by atoms with Crippen LogP contribution in [0, 0.1) is 0 Å². The van der Waals surface area contributed by atoms with Gasteiger partial charge in [0.25, 0.3) is 0 Å². The maximum atomic E-state index is 11.5. The minimum atomic E-state index is -1.13. The summed E-state index contributed by atoms with van der Waals surface area (Å²) in [6.45, 7) is 0.911. The van der Waals surface area contributed by atoms with Crippen LogP contribution in [0.3, 0.4) is 0 Å². The van der Waals surface area contributed by atoms with Crippen LogP contribution in [0.15, 0.2) is 48.5 Å². The van der Waals surface area contributed by atoms with Gasteiger partial charge in [0.05, 0.1) is 0 Å². The van der Waals surface area contributed by atoms with E-state index in [0.29, 0.717) is 10.0 Å². The lowest BCUT2D eigenvalue weighted by molar-refractivity contribution is 0.0442. The Hall–Kier alpha value is -0.770. The summed E-state index contributed by atoms with van der Waals surface area (Å²) in [5.41, 5.74) is 0.445. The highest BCUT2D eigenvalue weighted by Crippen LogP contribution is 2.38. The zero-order valence-corrected chi connectivity index (χ0v) is 14.3. The first kappa shape index (κ1) is 17.6. The van der Waals surface area contributed by atoms with E-state index in [4.69, 9.17) is 23.2 Å². The normalized spacial score (nSPS) is 18.0. The molecule has 0 aromatic heterocycles. The molecule has 5 heteroatoms. The fourth-order valence-electron chi connectivity index (χ4n) is 3.06. The molecule has 0 unspecified atom stereocenters. The third-order valence-electron chi connectivity index (χ3n) is 4.09. The topological polar surface area (TPSA) is 32.3 Å². The highest BCUT2D eigenvalue weighted by atomic mass is 35.5. The van der Waals surface area contributed by atoms with E-state index in [9.17, 15) is 5.11 Å². The van der Waals surface area contributed by atoms with Crippen molar-refractivity contribution >= 4 is 35.6 Å². The molecule has 118 valence electrons. The zero-order chi connectivity index (χ0) is 14.9. The van der Waals surface area contributed by atoms with Gasteiger partial charge in [-0.15, -0.1) is 12.4 Å². The second-order valence-corrected chi connectivity index (χ2v) is 6.31. The second kappa shape index (κ2) is 7.20. The first-order valence-corrected chi connectivity index (χ1v) is 7.84. The van der Waals surface area contributed by atoms with Crippen LogP contribution in [0.2, 0.25) is 10.0 Å². The summed E-state index contributed by atoms with van der Waals surface area (Å²) in [6, 6.07) is 14.8. The number of rotatable bonds is 3. The van der Waals surface area contributed by atoms with Gasteiger partial charge in [-0.05, 0) is 54.8 Å². The van der Waals surface area contributed by atoms with E-state index in [2.05, 4.69) is 5.32 Å². The molecule has 0 amide bonds. The van der Waals surface area contributed by atoms with Crippen LogP contribution in [-0.4, -0.2) is 17.7 Å². The highest BCUT2D eigenvalue weighted by molar-refractivity contribution is 6.31. The SMILES string of the molecule is Cl.OC(c1cccc(Cl)c1)(c1cccc(Cl)c1)[C@H]1CCCN1. The molecule has 1 aliphatic rings. The number of benzene rings is 2. The van der Waals surface area contributed by atoms with Crippen LogP contribution in [0.1, 0.15) is 24.0 Å². The summed E-state index contributed by atoms with van der Waals surface area (Å²) in [7, 11) is 0. The molecular weight excluding hydrogens is 341 g/mol. The molecule has 3 rings (SSSR count). The minimum absolute atomic E-state index is 0. The first-order valence-electron chi connectivity index (χ1n) is 7.08. The molecule has 0 spiro atoms. The summed E-state index contributed by atoms with van der Waals surface area (Å²) >= 11 is 12.2. The van der Waals surface area contributed by atoms with Crippen molar-refractivity contribution in [1.82, 2.24) is 5.32 Å². The van der Waals surface area contributed by atoms with Gasteiger partial charge in [-0.2, -0.15) is 0 Å². The Bertz CT molecular complexity index is 596. The lowest BCUT2D eigenvalue weighted by Crippen LogP contribution is -2.46. The van der Waals surface area contributed by atoms with E-state index < -0.39 is 5.60 Å². The van der Waals surface area contributed by atoms with Crippen LogP contribution in [0.5, 0.6) is 0 Å². The summed E-state index contributed by atoms with van der Waals surface area (Å²) in [4.78, 5) is 0. The van der Waals surface area contributed by atoms with E-state index >= 15 is 0 Å². The molecule has 0 aliphatic carbocycles. The molecular formula is C17H18Cl3NO. The zero-order valence-electron chi connectivity index (χ0n) is 11.9. The lowest BCUT2D eigenvalue weighted by Gasteiger charge is -2.35. The van der Waals surface area contributed by atoms with Crippen LogP contribution in [0.25, 0.3) is 0 Å². The van der Waals surface area contributed by atoms with Gasteiger partial charge in [0.2, 0.25) is 0 Å². The fourth-order valence-corrected chi connectivity index (χ4v) is 3.44. The van der Waals surface area contributed by atoms with Crippen molar-refractivity contribution in [3.8, 4) is 0 Å². The molecule has 2 N–H and O–H groups in total. The quantitative estimate of drug-likeness (QED) is 0.852. The number of nitrogens with one attached hydrogen (secondary N) is 1. The molecule has 0 radical (unpaired) electrons. The van der Waals surface area contributed by atoms with Gasteiger partial charge in [0, 0.05) is 16.1 Å². The van der Waals surface area contributed by atoms with Crippen LogP contribution < -0.4 is 5.32 Å². The Labute approximate surface area is 146 Å². The highest BCUT2D eigenvalue weighted by Gasteiger charge is 2.41. The molecule has 2 aromatic carbocycles. The molecule has 0 bridgehead atoms. The third kappa shape index (κ3) is 3.27. The molecule has 1 aliphatic heterocycles. The summed E-state index contributed by atoms with van der Waals surface area (Å²) in [6.07, 6.45) is 1.96. The first-order chi connectivity index (χ1) is 10.1. The van der Waals surface area contributed by atoms with Gasteiger partial charge < -0.3 is 10.4 Å². The van der Waals surface area contributed by atoms with Gasteiger partial charge in [0.15, 0.2) is 0 Å². The Morgan fingerprint density at radius 3 is 1.95 bits per heavy atom. The van der Waals surface area contributed by atoms with Crippen LogP contribution in [0.4, 0.5) is 0 Å². The summed E-state index contributed by atoms with van der Waals surface area (Å²) in [5, 5.41) is 16.2. The third-order valence-corrected chi connectivity index (χ3v) is 4.56. The predicted molar refractivity (Wildman–Crippen MR) is 94.2 cm³/mol. The average molecular weight is 359 g/mol. The van der Waals surface area contributed by atoms with Gasteiger partial charge >= 0.3 is 0 Å². The Morgan fingerprint density at radius 2 is 1.55 bits per heavy atom. The predicted octanol–water partition coefficient (Wildman–Crippen LogP) is 4.40. The lowest BCUT2D eigenvalue weighted by atomic mass is 9.79. The van der Waals surface area contributed by atoms with Crippen molar-refractivity contribution in [3.63, 3.8) is 0 Å². The minimum Gasteiger partial charge on any atom is -0.379 e. The Morgan fingerprint density at radius 1 is 1.00 bits per heavy atom. The van der Waals surface area contributed by atoms with Crippen molar-refractivity contribution in [2.45, 2.75) is 24.5 Å². The molecule has 1 atom stereocenters. The van der Waals surface area contributed by atoms with E-state index in [-0.39, 0.29) is 18.4 Å². The van der Waals surface area contributed by atoms with E-state index in [1.165, 1.54) is 0 Å².